The van der Waals surface area contributed by atoms with Gasteiger partial charge in [-0.3, -0.25) is 10.1 Å². The van der Waals surface area contributed by atoms with Crippen molar-refractivity contribution in [2.75, 3.05) is 20.1 Å². The summed E-state index contributed by atoms with van der Waals surface area (Å²) in [5.74, 6) is 0.255. The van der Waals surface area contributed by atoms with Crippen molar-refractivity contribution in [1.29, 1.82) is 0 Å². The highest BCUT2D eigenvalue weighted by atomic mass is 32.1. The van der Waals surface area contributed by atoms with E-state index >= 15 is 0 Å². The molecule has 4 nitrogen and oxygen atoms in total. The van der Waals surface area contributed by atoms with Crippen LogP contribution in [0, 0.1) is 0 Å². The topological polar surface area (TPSA) is 35.6 Å². The molecule has 104 valence electrons. The minimum absolute atomic E-state index is 0.0652. The van der Waals surface area contributed by atoms with Crippen LogP contribution in [0.3, 0.4) is 0 Å². The molecule has 5 heteroatoms. The highest BCUT2D eigenvalue weighted by molar-refractivity contribution is 7.07. The number of nitrogens with zero attached hydrogens (tertiary/aromatic N) is 2. The Labute approximate surface area is 118 Å². The molecule has 0 radical (unpaired) electrons. The molecule has 2 saturated heterocycles. The molecule has 0 aromatic carbocycles. The van der Waals surface area contributed by atoms with E-state index in [4.69, 9.17) is 0 Å². The van der Waals surface area contributed by atoms with Crippen molar-refractivity contribution in [1.82, 2.24) is 15.1 Å². The van der Waals surface area contributed by atoms with E-state index in [2.05, 4.69) is 39.0 Å². The average molecular weight is 279 g/mol. The van der Waals surface area contributed by atoms with Gasteiger partial charge in [0.25, 0.3) is 0 Å². The molecule has 1 aromatic heterocycles. The highest BCUT2D eigenvalue weighted by Crippen LogP contribution is 2.31. The number of carbonyl (C=O) groups is 1. The van der Waals surface area contributed by atoms with Crippen molar-refractivity contribution in [3.05, 3.63) is 22.4 Å². The van der Waals surface area contributed by atoms with Crippen LogP contribution in [-0.2, 0) is 4.79 Å². The van der Waals surface area contributed by atoms with Crippen molar-refractivity contribution in [3.63, 3.8) is 0 Å². The maximum Gasteiger partial charge on any atom is 0.241 e. The van der Waals surface area contributed by atoms with E-state index in [1.54, 1.807) is 11.3 Å². The third kappa shape index (κ3) is 2.42. The molecule has 19 heavy (non-hydrogen) atoms. The molecule has 2 aliphatic heterocycles. The first-order valence-electron chi connectivity index (χ1n) is 6.95. The number of nitrogens with one attached hydrogen (secondary N) is 1. The maximum absolute atomic E-state index is 12.4. The molecule has 3 heterocycles. The molecular weight excluding hydrogens is 258 g/mol. The van der Waals surface area contributed by atoms with Gasteiger partial charge in [-0.1, -0.05) is 0 Å². The average Bonchev–Trinajstić information content (AvgIpc) is 3.01. The zero-order valence-electron chi connectivity index (χ0n) is 11.5. The van der Waals surface area contributed by atoms with E-state index in [0.717, 1.165) is 25.9 Å². The van der Waals surface area contributed by atoms with Gasteiger partial charge in [-0.05, 0) is 62.3 Å². The Morgan fingerprint density at radius 1 is 1.37 bits per heavy atom. The molecule has 2 fully saturated rings. The third-order valence-corrected chi connectivity index (χ3v) is 4.95. The number of thiophene rings is 1. The van der Waals surface area contributed by atoms with Crippen LogP contribution in [0.4, 0.5) is 0 Å². The Balaban J connectivity index is 1.81. The van der Waals surface area contributed by atoms with Crippen molar-refractivity contribution in [2.45, 2.75) is 38.0 Å². The fourth-order valence-corrected chi connectivity index (χ4v) is 3.77. The predicted molar refractivity (Wildman–Crippen MR) is 77.0 cm³/mol. The lowest BCUT2D eigenvalue weighted by atomic mass is 10.0. The molecule has 0 bridgehead atoms. The minimum atomic E-state index is -0.0652. The van der Waals surface area contributed by atoms with Crippen LogP contribution >= 0.6 is 11.3 Å². The number of carbonyl (C=O) groups excluding carboxylic acids is 1. The number of amides is 1. The lowest BCUT2D eigenvalue weighted by Gasteiger charge is -2.37. The Bertz CT molecular complexity index is 440. The van der Waals surface area contributed by atoms with E-state index in [0.29, 0.717) is 6.04 Å². The second-order valence-electron chi connectivity index (χ2n) is 5.63. The molecule has 2 unspecified atom stereocenters. The van der Waals surface area contributed by atoms with Crippen molar-refractivity contribution in [2.24, 2.45) is 0 Å². The summed E-state index contributed by atoms with van der Waals surface area (Å²) >= 11 is 1.69. The molecule has 0 saturated carbocycles. The maximum atomic E-state index is 12.4. The number of hydrogen-bond acceptors (Lipinski definition) is 4. The monoisotopic (exact) mass is 279 g/mol. The van der Waals surface area contributed by atoms with Crippen LogP contribution in [-0.4, -0.2) is 47.9 Å². The lowest BCUT2D eigenvalue weighted by Crippen LogP contribution is -2.46. The van der Waals surface area contributed by atoms with Crippen LogP contribution in [0.5, 0.6) is 0 Å². The molecule has 1 aromatic rings. The normalized spacial score (nSPS) is 30.2. The van der Waals surface area contributed by atoms with Crippen LogP contribution in [0.2, 0.25) is 0 Å². The second-order valence-corrected chi connectivity index (χ2v) is 6.41. The fourth-order valence-electron chi connectivity index (χ4n) is 3.09. The second kappa shape index (κ2) is 5.23. The Kier molecular flexibility index (Phi) is 3.60. The van der Waals surface area contributed by atoms with Crippen molar-refractivity contribution in [3.8, 4) is 0 Å². The van der Waals surface area contributed by atoms with E-state index in [1.165, 1.54) is 5.56 Å². The van der Waals surface area contributed by atoms with Gasteiger partial charge in [0.2, 0.25) is 5.91 Å². The fraction of sp³-hybridized carbons (Fsp3) is 0.643. The summed E-state index contributed by atoms with van der Waals surface area (Å²) < 4.78 is 0. The molecule has 2 atom stereocenters. The van der Waals surface area contributed by atoms with Crippen LogP contribution < -0.4 is 5.32 Å². The molecule has 2 aliphatic rings. The quantitative estimate of drug-likeness (QED) is 0.894. The van der Waals surface area contributed by atoms with Gasteiger partial charge in [0.1, 0.15) is 6.17 Å². The Morgan fingerprint density at radius 2 is 2.11 bits per heavy atom. The zero-order valence-corrected chi connectivity index (χ0v) is 12.3. The summed E-state index contributed by atoms with van der Waals surface area (Å²) in [4.78, 5) is 16.9. The largest absolute Gasteiger partial charge is 0.318 e. The molecule has 0 spiro atoms. The molecule has 1 N–H and O–H groups in total. The van der Waals surface area contributed by atoms with Gasteiger partial charge in [0.05, 0.1) is 6.04 Å². The number of rotatable bonds is 2. The van der Waals surface area contributed by atoms with Gasteiger partial charge in [-0.25, -0.2) is 0 Å². The first-order chi connectivity index (χ1) is 9.16. The molecule has 1 amide bonds. The van der Waals surface area contributed by atoms with Crippen LogP contribution in [0.25, 0.3) is 0 Å². The SMILES string of the molecule is CC1NC(c2ccsc2)N(C2CCN(C)CC2)C1=O. The van der Waals surface area contributed by atoms with E-state index in [-0.39, 0.29) is 18.1 Å². The standard InChI is InChI=1S/C14H21N3OS/c1-10-14(18)17(12-3-6-16(2)7-4-12)13(15-10)11-5-8-19-9-11/h5,8-10,12-13,15H,3-4,6-7H2,1-2H3. The van der Waals surface area contributed by atoms with Gasteiger partial charge in [-0.2, -0.15) is 11.3 Å². The summed E-state index contributed by atoms with van der Waals surface area (Å²) in [6, 6.07) is 2.44. The van der Waals surface area contributed by atoms with Gasteiger partial charge >= 0.3 is 0 Å². The van der Waals surface area contributed by atoms with Crippen molar-refractivity contribution < 1.29 is 4.79 Å². The third-order valence-electron chi connectivity index (χ3n) is 4.25. The lowest BCUT2D eigenvalue weighted by molar-refractivity contribution is -0.133. The molecular formula is C14H21N3OS. The number of hydrogen-bond donors (Lipinski definition) is 1. The summed E-state index contributed by atoms with van der Waals surface area (Å²) in [6.45, 7) is 4.13. The van der Waals surface area contributed by atoms with E-state index in [9.17, 15) is 4.79 Å². The van der Waals surface area contributed by atoms with Crippen LogP contribution in [0.1, 0.15) is 31.5 Å². The smallest absolute Gasteiger partial charge is 0.241 e. The summed E-state index contributed by atoms with van der Waals surface area (Å²) in [7, 11) is 2.15. The highest BCUT2D eigenvalue weighted by Gasteiger charge is 2.41. The van der Waals surface area contributed by atoms with Crippen molar-refractivity contribution >= 4 is 17.2 Å². The van der Waals surface area contributed by atoms with Gasteiger partial charge in [0.15, 0.2) is 0 Å². The summed E-state index contributed by atoms with van der Waals surface area (Å²) in [5, 5.41) is 7.66. The summed E-state index contributed by atoms with van der Waals surface area (Å²) in [5.41, 5.74) is 1.22. The van der Waals surface area contributed by atoms with Gasteiger partial charge in [-0.15, -0.1) is 0 Å². The molecule has 3 rings (SSSR count). The minimum Gasteiger partial charge on any atom is -0.318 e. The first kappa shape index (κ1) is 13.1. The Morgan fingerprint density at radius 3 is 2.74 bits per heavy atom. The Hall–Kier alpha value is -0.910. The van der Waals surface area contributed by atoms with E-state index in [1.807, 2.05) is 6.92 Å². The van der Waals surface area contributed by atoms with E-state index < -0.39 is 0 Å². The summed E-state index contributed by atoms with van der Waals surface area (Å²) in [6.07, 6.45) is 2.23. The number of piperidine rings is 1. The molecule has 0 aliphatic carbocycles. The van der Waals surface area contributed by atoms with Gasteiger partial charge in [0, 0.05) is 6.04 Å². The number of likely N-dealkylation sites (tertiary alicyclic amines) is 1. The zero-order chi connectivity index (χ0) is 13.4. The van der Waals surface area contributed by atoms with Crippen LogP contribution in [0.15, 0.2) is 16.8 Å². The first-order valence-corrected chi connectivity index (χ1v) is 7.90. The predicted octanol–water partition coefficient (Wildman–Crippen LogP) is 1.66. The van der Waals surface area contributed by atoms with Gasteiger partial charge < -0.3 is 9.80 Å².